The van der Waals surface area contributed by atoms with Crippen molar-refractivity contribution in [3.63, 3.8) is 0 Å². The number of benzene rings is 1. The van der Waals surface area contributed by atoms with E-state index in [4.69, 9.17) is 5.73 Å². The molecule has 2 N–H and O–H groups in total. The molecule has 1 heterocycles. The summed E-state index contributed by atoms with van der Waals surface area (Å²) in [4.78, 5) is 0. The zero-order valence-electron chi connectivity index (χ0n) is 8.43. The Kier molecular flexibility index (Phi) is 1.86. The van der Waals surface area contributed by atoms with Crippen LogP contribution in [-0.2, 0) is 12.8 Å². The fourth-order valence-corrected chi connectivity index (χ4v) is 2.19. The topological polar surface area (TPSA) is 43.8 Å². The maximum absolute atomic E-state index is 5.94. The molecule has 0 amide bonds. The van der Waals surface area contributed by atoms with E-state index in [0.717, 1.165) is 18.5 Å². The van der Waals surface area contributed by atoms with Crippen molar-refractivity contribution in [3.8, 4) is 5.69 Å². The van der Waals surface area contributed by atoms with Crippen LogP contribution in [0.5, 0.6) is 0 Å². The van der Waals surface area contributed by atoms with Gasteiger partial charge >= 0.3 is 0 Å². The first-order valence-corrected chi connectivity index (χ1v) is 5.21. The molecule has 3 rings (SSSR count). The van der Waals surface area contributed by atoms with E-state index in [1.54, 1.807) is 0 Å². The molecule has 1 aliphatic rings. The van der Waals surface area contributed by atoms with Crippen LogP contribution < -0.4 is 5.73 Å². The number of para-hydroxylation sites is 1. The van der Waals surface area contributed by atoms with Gasteiger partial charge in [0.15, 0.2) is 0 Å². The Labute approximate surface area is 88.5 Å². The summed E-state index contributed by atoms with van der Waals surface area (Å²) in [7, 11) is 0. The second-order valence-electron chi connectivity index (χ2n) is 4.03. The van der Waals surface area contributed by atoms with E-state index in [1.165, 1.54) is 11.3 Å². The molecule has 0 fully saturated rings. The molecule has 3 heteroatoms. The predicted octanol–water partition coefficient (Wildman–Crippen LogP) is 1.30. The first kappa shape index (κ1) is 8.68. The summed E-state index contributed by atoms with van der Waals surface area (Å²) in [6.07, 6.45) is 3.83. The Morgan fingerprint density at radius 3 is 2.80 bits per heavy atom. The third-order valence-corrected chi connectivity index (χ3v) is 2.89. The summed E-state index contributed by atoms with van der Waals surface area (Å²) < 4.78 is 2.00. The molecule has 0 radical (unpaired) electrons. The molecule has 1 unspecified atom stereocenters. The molecule has 0 saturated heterocycles. The minimum Gasteiger partial charge on any atom is -0.327 e. The average molecular weight is 199 g/mol. The molecule has 15 heavy (non-hydrogen) atoms. The summed E-state index contributed by atoms with van der Waals surface area (Å²) >= 11 is 0. The Balaban J connectivity index is 2.08. The minimum absolute atomic E-state index is 0.271. The number of hydrogen-bond donors (Lipinski definition) is 1. The highest BCUT2D eigenvalue weighted by molar-refractivity contribution is 5.37. The standard InChI is InChI=1S/C12H13N3/c13-10-6-9-8-14-15(12(9)7-10)11-4-2-1-3-5-11/h1-5,8,10H,6-7,13H2. The van der Waals surface area contributed by atoms with Crippen molar-refractivity contribution in [1.29, 1.82) is 0 Å². The largest absolute Gasteiger partial charge is 0.327 e. The Bertz CT molecular complexity index is 473. The van der Waals surface area contributed by atoms with Crippen molar-refractivity contribution >= 4 is 0 Å². The molecule has 1 aromatic heterocycles. The number of fused-ring (bicyclic) bond motifs is 1. The van der Waals surface area contributed by atoms with E-state index in [2.05, 4.69) is 17.2 Å². The molecule has 0 aliphatic heterocycles. The lowest BCUT2D eigenvalue weighted by Crippen LogP contribution is -2.20. The molecule has 1 atom stereocenters. The van der Waals surface area contributed by atoms with E-state index in [9.17, 15) is 0 Å². The van der Waals surface area contributed by atoms with Gasteiger partial charge in [0.25, 0.3) is 0 Å². The lowest BCUT2D eigenvalue weighted by molar-refractivity contribution is 0.685. The van der Waals surface area contributed by atoms with Crippen LogP contribution in [-0.4, -0.2) is 15.8 Å². The van der Waals surface area contributed by atoms with E-state index < -0.39 is 0 Å². The summed E-state index contributed by atoms with van der Waals surface area (Å²) in [5.74, 6) is 0. The predicted molar refractivity (Wildman–Crippen MR) is 58.9 cm³/mol. The van der Waals surface area contributed by atoms with Gasteiger partial charge in [0.1, 0.15) is 0 Å². The van der Waals surface area contributed by atoms with Crippen LogP contribution in [0.1, 0.15) is 11.3 Å². The van der Waals surface area contributed by atoms with Gasteiger partial charge in [-0.2, -0.15) is 5.10 Å². The molecule has 1 aromatic carbocycles. The normalized spacial score (nSPS) is 19.1. The highest BCUT2D eigenvalue weighted by Gasteiger charge is 2.23. The highest BCUT2D eigenvalue weighted by Crippen LogP contribution is 2.23. The lowest BCUT2D eigenvalue weighted by Gasteiger charge is -2.05. The van der Waals surface area contributed by atoms with Gasteiger partial charge in [-0.05, 0) is 24.1 Å². The van der Waals surface area contributed by atoms with Crippen molar-refractivity contribution in [2.24, 2.45) is 5.73 Å². The van der Waals surface area contributed by atoms with Crippen molar-refractivity contribution in [3.05, 3.63) is 47.8 Å². The minimum atomic E-state index is 0.271. The summed E-state index contributed by atoms with van der Waals surface area (Å²) in [6.45, 7) is 0. The molecular weight excluding hydrogens is 186 g/mol. The fraction of sp³-hybridized carbons (Fsp3) is 0.250. The first-order valence-electron chi connectivity index (χ1n) is 5.21. The molecule has 0 spiro atoms. The van der Waals surface area contributed by atoms with Gasteiger partial charge in [-0.15, -0.1) is 0 Å². The summed E-state index contributed by atoms with van der Waals surface area (Å²) in [5, 5.41) is 4.40. The van der Waals surface area contributed by atoms with Crippen LogP contribution in [0.2, 0.25) is 0 Å². The Morgan fingerprint density at radius 2 is 2.00 bits per heavy atom. The van der Waals surface area contributed by atoms with E-state index >= 15 is 0 Å². The number of nitrogens with two attached hydrogens (primary N) is 1. The first-order chi connectivity index (χ1) is 7.34. The maximum atomic E-state index is 5.94. The van der Waals surface area contributed by atoms with Gasteiger partial charge in [-0.1, -0.05) is 18.2 Å². The van der Waals surface area contributed by atoms with Crippen molar-refractivity contribution < 1.29 is 0 Å². The molecule has 76 valence electrons. The maximum Gasteiger partial charge on any atom is 0.0648 e. The van der Waals surface area contributed by atoms with Crippen LogP contribution in [0.15, 0.2) is 36.5 Å². The van der Waals surface area contributed by atoms with E-state index in [0.29, 0.717) is 0 Å². The highest BCUT2D eigenvalue weighted by atomic mass is 15.3. The zero-order valence-corrected chi connectivity index (χ0v) is 8.43. The number of rotatable bonds is 1. The van der Waals surface area contributed by atoms with Crippen LogP contribution >= 0.6 is 0 Å². The molecule has 3 nitrogen and oxygen atoms in total. The van der Waals surface area contributed by atoms with Crippen LogP contribution in [0.4, 0.5) is 0 Å². The van der Waals surface area contributed by atoms with E-state index in [1.807, 2.05) is 29.1 Å². The second kappa shape index (κ2) is 3.21. The molecule has 2 aromatic rings. The van der Waals surface area contributed by atoms with Gasteiger partial charge in [0.05, 0.1) is 11.9 Å². The van der Waals surface area contributed by atoms with Gasteiger partial charge in [0.2, 0.25) is 0 Å². The van der Waals surface area contributed by atoms with Crippen LogP contribution in [0, 0.1) is 0 Å². The number of nitrogens with zero attached hydrogens (tertiary/aromatic N) is 2. The SMILES string of the molecule is NC1Cc2cnn(-c3ccccc3)c2C1. The summed E-state index contributed by atoms with van der Waals surface area (Å²) in [5.41, 5.74) is 9.62. The Hall–Kier alpha value is -1.61. The molecule has 1 aliphatic carbocycles. The molecule has 0 saturated carbocycles. The van der Waals surface area contributed by atoms with Crippen molar-refractivity contribution in [2.45, 2.75) is 18.9 Å². The second-order valence-corrected chi connectivity index (χ2v) is 4.03. The summed E-state index contributed by atoms with van der Waals surface area (Å²) in [6, 6.07) is 10.5. The zero-order chi connectivity index (χ0) is 10.3. The van der Waals surface area contributed by atoms with Crippen LogP contribution in [0.25, 0.3) is 5.69 Å². The molecular formula is C12H13N3. The van der Waals surface area contributed by atoms with Gasteiger partial charge in [-0.3, -0.25) is 0 Å². The smallest absolute Gasteiger partial charge is 0.0648 e. The third kappa shape index (κ3) is 1.36. The van der Waals surface area contributed by atoms with Gasteiger partial charge < -0.3 is 5.73 Å². The number of hydrogen-bond acceptors (Lipinski definition) is 2. The van der Waals surface area contributed by atoms with Gasteiger partial charge in [-0.25, -0.2) is 4.68 Å². The monoisotopic (exact) mass is 199 g/mol. The van der Waals surface area contributed by atoms with E-state index in [-0.39, 0.29) is 6.04 Å². The fourth-order valence-electron chi connectivity index (χ4n) is 2.19. The van der Waals surface area contributed by atoms with Gasteiger partial charge in [0, 0.05) is 18.2 Å². The third-order valence-electron chi connectivity index (χ3n) is 2.89. The van der Waals surface area contributed by atoms with Crippen molar-refractivity contribution in [1.82, 2.24) is 9.78 Å². The average Bonchev–Trinajstić information content (AvgIpc) is 2.77. The number of aromatic nitrogens is 2. The Morgan fingerprint density at radius 1 is 1.20 bits per heavy atom. The van der Waals surface area contributed by atoms with Crippen LogP contribution in [0.3, 0.4) is 0 Å². The quantitative estimate of drug-likeness (QED) is 0.752. The molecule has 0 bridgehead atoms. The lowest BCUT2D eigenvalue weighted by atomic mass is 10.2. The van der Waals surface area contributed by atoms with Crippen molar-refractivity contribution in [2.75, 3.05) is 0 Å².